The zero-order valence-electron chi connectivity index (χ0n) is 23.0. The first-order valence-corrected chi connectivity index (χ1v) is 15.0. The largest absolute Gasteiger partial charge is 0.481 e. The summed E-state index contributed by atoms with van der Waals surface area (Å²) in [6.07, 6.45) is 3.33. The summed E-state index contributed by atoms with van der Waals surface area (Å²) in [7, 11) is 1.39. The van der Waals surface area contributed by atoms with Gasteiger partial charge in [0.15, 0.2) is 0 Å². The minimum absolute atomic E-state index is 0.286. The number of benzene rings is 2. The molecule has 2 heterocycles. The van der Waals surface area contributed by atoms with Crippen molar-refractivity contribution in [1.82, 2.24) is 9.97 Å². The molecular formula is C31H30F2N2O4S2. The number of nitrogens with zero attached hydrogens (tertiary/aromatic N) is 2. The minimum Gasteiger partial charge on any atom is -0.481 e. The smallest absolute Gasteiger partial charge is 0.316 e. The summed E-state index contributed by atoms with van der Waals surface area (Å²) < 4.78 is 32.8. The zero-order valence-corrected chi connectivity index (χ0v) is 24.6. The molecule has 41 heavy (non-hydrogen) atoms. The highest BCUT2D eigenvalue weighted by atomic mass is 32.1. The molecule has 4 aromatic rings. The zero-order chi connectivity index (χ0) is 29.4. The van der Waals surface area contributed by atoms with Crippen LogP contribution in [-0.4, -0.2) is 34.1 Å². The van der Waals surface area contributed by atoms with E-state index in [1.807, 2.05) is 6.07 Å². The molecular weight excluding hydrogens is 566 g/mol. The fraction of sp³-hybridized carbons (Fsp3) is 0.355. The third kappa shape index (κ3) is 5.08. The van der Waals surface area contributed by atoms with Crippen LogP contribution >= 0.6 is 22.7 Å². The molecule has 0 saturated carbocycles. The number of rotatable bonds is 4. The Morgan fingerprint density at radius 1 is 0.829 bits per heavy atom. The SMILES string of the molecule is COC(=O)C1(c2cccc(F)c2C)CCc2ncsc2C1.Cc1c(F)cccc1C1(C(=O)O)CCc2ncsc2C1. The normalized spacial score (nSPS) is 21.2. The lowest BCUT2D eigenvalue weighted by Gasteiger charge is -2.35. The van der Waals surface area contributed by atoms with Crippen LogP contribution in [0, 0.1) is 25.5 Å². The van der Waals surface area contributed by atoms with E-state index < -0.39 is 16.8 Å². The van der Waals surface area contributed by atoms with Gasteiger partial charge in [-0.1, -0.05) is 24.3 Å². The predicted octanol–water partition coefficient (Wildman–Crippen LogP) is 6.29. The molecule has 0 bridgehead atoms. The van der Waals surface area contributed by atoms with E-state index in [1.54, 1.807) is 54.4 Å². The number of methoxy groups -OCH3 is 1. The van der Waals surface area contributed by atoms with Gasteiger partial charge < -0.3 is 9.84 Å². The summed E-state index contributed by atoms with van der Waals surface area (Å²) in [4.78, 5) is 35.2. The maximum atomic E-state index is 13.9. The molecule has 0 saturated heterocycles. The highest BCUT2D eigenvalue weighted by Gasteiger charge is 2.47. The number of carbonyl (C=O) groups excluding carboxylic acids is 1. The molecule has 1 N–H and O–H groups in total. The van der Waals surface area contributed by atoms with Crippen molar-refractivity contribution < 1.29 is 28.2 Å². The molecule has 0 aliphatic heterocycles. The lowest BCUT2D eigenvalue weighted by Crippen LogP contribution is -2.42. The van der Waals surface area contributed by atoms with Crippen LogP contribution in [0.4, 0.5) is 8.78 Å². The molecule has 2 aromatic heterocycles. The number of hydrogen-bond acceptors (Lipinski definition) is 7. The van der Waals surface area contributed by atoms with Crippen molar-refractivity contribution in [2.45, 2.75) is 63.2 Å². The number of carbonyl (C=O) groups is 2. The van der Waals surface area contributed by atoms with Gasteiger partial charge in [-0.05, 0) is 73.9 Å². The molecule has 214 valence electrons. The Morgan fingerprint density at radius 3 is 1.78 bits per heavy atom. The van der Waals surface area contributed by atoms with Crippen LogP contribution in [0.3, 0.4) is 0 Å². The Balaban J connectivity index is 0.000000165. The lowest BCUT2D eigenvalue weighted by molar-refractivity contribution is -0.148. The van der Waals surface area contributed by atoms with Crippen molar-refractivity contribution in [3.8, 4) is 0 Å². The molecule has 0 fully saturated rings. The van der Waals surface area contributed by atoms with E-state index in [0.29, 0.717) is 55.2 Å². The average molecular weight is 597 g/mol. The van der Waals surface area contributed by atoms with Gasteiger partial charge in [-0.3, -0.25) is 9.59 Å². The molecule has 6 nitrogen and oxygen atoms in total. The van der Waals surface area contributed by atoms with Crippen LogP contribution in [0.25, 0.3) is 0 Å². The maximum Gasteiger partial charge on any atom is 0.316 e. The first kappa shape index (κ1) is 29.0. The number of aryl methyl sites for hydroxylation is 2. The Kier molecular flexibility index (Phi) is 8.07. The molecule has 6 rings (SSSR count). The van der Waals surface area contributed by atoms with E-state index in [-0.39, 0.29) is 17.6 Å². The Labute approximate surface area is 245 Å². The summed E-state index contributed by atoms with van der Waals surface area (Å²) >= 11 is 3.03. The van der Waals surface area contributed by atoms with Gasteiger partial charge in [0.1, 0.15) is 11.6 Å². The molecule has 2 unspecified atom stereocenters. The van der Waals surface area contributed by atoms with Gasteiger partial charge in [-0.25, -0.2) is 18.7 Å². The quantitative estimate of drug-likeness (QED) is 0.279. The number of ether oxygens (including phenoxy) is 1. The van der Waals surface area contributed by atoms with E-state index in [1.165, 1.54) is 30.6 Å². The first-order valence-electron chi connectivity index (χ1n) is 13.3. The molecule has 2 atom stereocenters. The lowest BCUT2D eigenvalue weighted by atomic mass is 9.69. The molecule has 2 aliphatic rings. The number of carboxylic acids is 1. The highest BCUT2D eigenvalue weighted by Crippen LogP contribution is 2.43. The van der Waals surface area contributed by atoms with Gasteiger partial charge in [0.05, 0.1) is 40.3 Å². The van der Waals surface area contributed by atoms with Crippen molar-refractivity contribution in [3.63, 3.8) is 0 Å². The molecule has 0 spiro atoms. The van der Waals surface area contributed by atoms with E-state index in [9.17, 15) is 23.5 Å². The van der Waals surface area contributed by atoms with Crippen molar-refractivity contribution in [1.29, 1.82) is 0 Å². The minimum atomic E-state index is -1.04. The van der Waals surface area contributed by atoms with Gasteiger partial charge >= 0.3 is 11.9 Å². The second-order valence-corrected chi connectivity index (χ2v) is 12.5. The van der Waals surface area contributed by atoms with Gasteiger partial charge in [0.25, 0.3) is 0 Å². The van der Waals surface area contributed by atoms with E-state index in [2.05, 4.69) is 9.97 Å². The maximum absolute atomic E-state index is 13.9. The van der Waals surface area contributed by atoms with E-state index in [4.69, 9.17) is 4.74 Å². The third-order valence-corrected chi connectivity index (χ3v) is 10.3. The fourth-order valence-electron chi connectivity index (χ4n) is 6.16. The summed E-state index contributed by atoms with van der Waals surface area (Å²) in [5, 5.41) is 9.78. The van der Waals surface area contributed by atoms with Crippen LogP contribution in [0.1, 0.15) is 56.2 Å². The third-order valence-electron chi connectivity index (χ3n) is 8.50. The van der Waals surface area contributed by atoms with E-state index in [0.717, 1.165) is 26.7 Å². The second-order valence-electron chi connectivity index (χ2n) is 10.6. The highest BCUT2D eigenvalue weighted by molar-refractivity contribution is 7.10. The van der Waals surface area contributed by atoms with Crippen molar-refractivity contribution >= 4 is 34.6 Å². The summed E-state index contributed by atoms with van der Waals surface area (Å²) in [6.45, 7) is 3.37. The van der Waals surface area contributed by atoms with Crippen LogP contribution in [-0.2, 0) is 50.8 Å². The molecule has 0 amide bonds. The average Bonchev–Trinajstić information content (AvgIpc) is 3.64. The Hall–Kier alpha value is -3.50. The second kappa shape index (κ2) is 11.4. The van der Waals surface area contributed by atoms with Gasteiger partial charge in [-0.2, -0.15) is 0 Å². The number of hydrogen-bond donors (Lipinski definition) is 1. The number of esters is 1. The van der Waals surface area contributed by atoms with Crippen molar-refractivity contribution in [3.05, 3.63) is 102 Å². The van der Waals surface area contributed by atoms with Crippen LogP contribution in [0.15, 0.2) is 47.4 Å². The molecule has 2 aliphatic carbocycles. The van der Waals surface area contributed by atoms with Gasteiger partial charge in [-0.15, -0.1) is 22.7 Å². The molecule has 2 aromatic carbocycles. The fourth-order valence-corrected chi connectivity index (χ4v) is 8.02. The number of fused-ring (bicyclic) bond motifs is 2. The summed E-state index contributed by atoms with van der Waals surface area (Å²) in [6, 6.07) is 9.61. The van der Waals surface area contributed by atoms with Crippen molar-refractivity contribution in [2.75, 3.05) is 7.11 Å². The first-order chi connectivity index (χ1) is 19.6. The number of halogens is 2. The number of thiazole rings is 2. The Morgan fingerprint density at radius 2 is 1.29 bits per heavy atom. The number of aliphatic carboxylic acids is 1. The van der Waals surface area contributed by atoms with Gasteiger partial charge in [0.2, 0.25) is 0 Å². The topological polar surface area (TPSA) is 89.4 Å². The van der Waals surface area contributed by atoms with Crippen LogP contribution < -0.4 is 0 Å². The van der Waals surface area contributed by atoms with Crippen LogP contribution in [0.5, 0.6) is 0 Å². The van der Waals surface area contributed by atoms with Crippen molar-refractivity contribution in [2.24, 2.45) is 0 Å². The summed E-state index contributed by atoms with van der Waals surface area (Å²) in [5.74, 6) is -1.82. The van der Waals surface area contributed by atoms with Crippen LogP contribution in [0.2, 0.25) is 0 Å². The molecule has 0 radical (unpaired) electrons. The Bertz CT molecular complexity index is 1620. The predicted molar refractivity (Wildman–Crippen MR) is 154 cm³/mol. The standard InChI is InChI=1S/C16H16FNO2S.C15H14FNO2S/c1-10-11(4-3-5-12(10)17)16(15(19)20-2)7-6-13-14(8-16)21-9-18-13;1-9-10(3-2-4-11(9)16)15(14(18)19)6-5-12-13(7-15)20-8-17-12/h3-5,9H,6-8H2,1-2H3;2-4,8H,5-7H2,1H3,(H,18,19). The summed E-state index contributed by atoms with van der Waals surface area (Å²) in [5.41, 5.74) is 6.02. The number of carboxylic acid groups (broad SMARTS) is 1. The monoisotopic (exact) mass is 596 g/mol. The van der Waals surface area contributed by atoms with E-state index >= 15 is 0 Å². The van der Waals surface area contributed by atoms with Gasteiger partial charge in [0, 0.05) is 22.6 Å². The molecule has 10 heteroatoms. The number of aromatic nitrogens is 2.